The van der Waals surface area contributed by atoms with Gasteiger partial charge in [0.1, 0.15) is 6.17 Å². The van der Waals surface area contributed by atoms with Crippen LogP contribution in [0, 0.1) is 6.92 Å². The summed E-state index contributed by atoms with van der Waals surface area (Å²) in [4.78, 5) is 25.1. The Bertz CT molecular complexity index is 851. The van der Waals surface area contributed by atoms with Crippen LogP contribution in [0.2, 0.25) is 0 Å². The third-order valence-corrected chi connectivity index (χ3v) is 4.44. The molecule has 2 amide bonds. The second kappa shape index (κ2) is 9.51. The fourth-order valence-electron chi connectivity index (χ4n) is 2.95. The van der Waals surface area contributed by atoms with Gasteiger partial charge in [-0.3, -0.25) is 9.59 Å². The molecule has 0 spiro atoms. The maximum atomic E-state index is 12.5. The summed E-state index contributed by atoms with van der Waals surface area (Å²) in [5, 5.41) is 5.89. The van der Waals surface area contributed by atoms with Crippen LogP contribution in [0.4, 0.5) is 0 Å². The lowest BCUT2D eigenvalue weighted by Crippen LogP contribution is -2.42. The van der Waals surface area contributed by atoms with Gasteiger partial charge in [-0.15, -0.1) is 0 Å². The van der Waals surface area contributed by atoms with E-state index in [2.05, 4.69) is 10.6 Å². The van der Waals surface area contributed by atoms with Gasteiger partial charge in [-0.05, 0) is 23.6 Å². The average Bonchev–Trinajstić information content (AvgIpc) is 2.69. The Morgan fingerprint density at radius 2 is 1.11 bits per heavy atom. The third kappa shape index (κ3) is 5.81. The number of nitrogens with one attached hydrogen (secondary N) is 2. The van der Waals surface area contributed by atoms with Gasteiger partial charge in [0.2, 0.25) is 11.8 Å². The summed E-state index contributed by atoms with van der Waals surface area (Å²) in [5.41, 5.74) is 3.82. The molecule has 0 saturated carbocycles. The zero-order valence-electron chi connectivity index (χ0n) is 15.9. The van der Waals surface area contributed by atoms with Crippen LogP contribution in [0.3, 0.4) is 0 Å². The van der Waals surface area contributed by atoms with Gasteiger partial charge in [-0.1, -0.05) is 90.5 Å². The Hall–Kier alpha value is -3.40. The normalized spacial score (nSPS) is 10.5. The third-order valence-electron chi connectivity index (χ3n) is 4.44. The molecule has 0 heterocycles. The summed E-state index contributed by atoms with van der Waals surface area (Å²) in [6.07, 6.45) is -0.0526. The molecule has 0 bridgehead atoms. The molecule has 3 aromatic carbocycles. The Kier molecular flexibility index (Phi) is 6.58. The molecule has 0 saturated heterocycles. The molecule has 3 rings (SSSR count). The summed E-state index contributed by atoms with van der Waals surface area (Å²) in [5.74, 6) is -0.284. The molecule has 0 aliphatic heterocycles. The van der Waals surface area contributed by atoms with E-state index in [1.54, 1.807) is 0 Å². The van der Waals surface area contributed by atoms with E-state index in [-0.39, 0.29) is 24.7 Å². The standard InChI is InChI=1S/C24H24N2O2/c1-18-12-14-21(15-13-18)24(25-22(27)16-19-8-4-2-5-9-19)26-23(28)17-20-10-6-3-7-11-20/h2-15,24H,16-17H2,1H3,(H,25,27)(H,26,28). The van der Waals surface area contributed by atoms with E-state index in [1.807, 2.05) is 91.9 Å². The maximum absolute atomic E-state index is 12.5. The first-order valence-corrected chi connectivity index (χ1v) is 9.33. The number of aryl methyl sites for hydroxylation is 1. The van der Waals surface area contributed by atoms with Crippen molar-refractivity contribution in [3.63, 3.8) is 0 Å². The summed E-state index contributed by atoms with van der Waals surface area (Å²) >= 11 is 0. The van der Waals surface area contributed by atoms with Crippen LogP contribution in [0.15, 0.2) is 84.9 Å². The van der Waals surface area contributed by atoms with E-state index in [0.717, 1.165) is 22.3 Å². The summed E-state index contributed by atoms with van der Waals surface area (Å²) < 4.78 is 0. The number of carbonyl (C=O) groups is 2. The molecule has 0 aromatic heterocycles. The monoisotopic (exact) mass is 372 g/mol. The maximum Gasteiger partial charge on any atom is 0.226 e. The molecule has 28 heavy (non-hydrogen) atoms. The second-order valence-corrected chi connectivity index (χ2v) is 6.80. The predicted octanol–water partition coefficient (Wildman–Crippen LogP) is 3.71. The van der Waals surface area contributed by atoms with Crippen molar-refractivity contribution in [3.8, 4) is 0 Å². The van der Waals surface area contributed by atoms with Crippen LogP contribution in [0.5, 0.6) is 0 Å². The summed E-state index contributed by atoms with van der Waals surface area (Å²) in [6.45, 7) is 2.00. The molecule has 142 valence electrons. The van der Waals surface area contributed by atoms with Crippen LogP contribution in [-0.2, 0) is 22.4 Å². The van der Waals surface area contributed by atoms with Crippen molar-refractivity contribution >= 4 is 11.8 Å². The van der Waals surface area contributed by atoms with E-state index >= 15 is 0 Å². The smallest absolute Gasteiger partial charge is 0.226 e. The molecule has 4 nitrogen and oxygen atoms in total. The lowest BCUT2D eigenvalue weighted by molar-refractivity contribution is -0.123. The zero-order valence-corrected chi connectivity index (χ0v) is 15.9. The van der Waals surface area contributed by atoms with Crippen molar-refractivity contribution in [3.05, 3.63) is 107 Å². The Morgan fingerprint density at radius 3 is 1.54 bits per heavy atom. The second-order valence-electron chi connectivity index (χ2n) is 6.80. The van der Waals surface area contributed by atoms with Gasteiger partial charge in [0.25, 0.3) is 0 Å². The van der Waals surface area contributed by atoms with Crippen molar-refractivity contribution in [2.24, 2.45) is 0 Å². The number of carbonyl (C=O) groups excluding carboxylic acids is 2. The van der Waals surface area contributed by atoms with Crippen LogP contribution in [0.25, 0.3) is 0 Å². The quantitative estimate of drug-likeness (QED) is 0.621. The van der Waals surface area contributed by atoms with Gasteiger partial charge < -0.3 is 10.6 Å². The van der Waals surface area contributed by atoms with Gasteiger partial charge in [0.15, 0.2) is 0 Å². The molecule has 3 aromatic rings. The molecular weight excluding hydrogens is 348 g/mol. The SMILES string of the molecule is Cc1ccc(C(NC(=O)Cc2ccccc2)NC(=O)Cc2ccccc2)cc1. The highest BCUT2D eigenvalue weighted by atomic mass is 16.2. The van der Waals surface area contributed by atoms with Gasteiger partial charge in [-0.2, -0.15) is 0 Å². The van der Waals surface area contributed by atoms with E-state index in [0.29, 0.717) is 0 Å². The number of hydrogen-bond acceptors (Lipinski definition) is 2. The Balaban J connectivity index is 1.70. The lowest BCUT2D eigenvalue weighted by atomic mass is 10.1. The predicted molar refractivity (Wildman–Crippen MR) is 110 cm³/mol. The molecule has 0 aliphatic rings. The zero-order chi connectivity index (χ0) is 19.8. The average molecular weight is 372 g/mol. The highest BCUT2D eigenvalue weighted by molar-refractivity contribution is 5.82. The fourth-order valence-corrected chi connectivity index (χ4v) is 2.95. The lowest BCUT2D eigenvalue weighted by Gasteiger charge is -2.21. The van der Waals surface area contributed by atoms with E-state index < -0.39 is 6.17 Å². The highest BCUT2D eigenvalue weighted by Crippen LogP contribution is 2.13. The van der Waals surface area contributed by atoms with Crippen molar-refractivity contribution < 1.29 is 9.59 Å². The topological polar surface area (TPSA) is 58.2 Å². The number of hydrogen-bond donors (Lipinski definition) is 2. The van der Waals surface area contributed by atoms with Gasteiger partial charge >= 0.3 is 0 Å². The molecule has 0 fully saturated rings. The molecule has 0 atom stereocenters. The van der Waals surface area contributed by atoms with Crippen molar-refractivity contribution in [2.45, 2.75) is 25.9 Å². The van der Waals surface area contributed by atoms with Crippen molar-refractivity contribution in [2.75, 3.05) is 0 Å². The van der Waals surface area contributed by atoms with Crippen molar-refractivity contribution in [1.82, 2.24) is 10.6 Å². The minimum atomic E-state index is -0.576. The Morgan fingerprint density at radius 1 is 0.679 bits per heavy atom. The van der Waals surface area contributed by atoms with E-state index in [4.69, 9.17) is 0 Å². The van der Waals surface area contributed by atoms with E-state index in [1.165, 1.54) is 0 Å². The number of amides is 2. The van der Waals surface area contributed by atoms with Crippen LogP contribution in [-0.4, -0.2) is 11.8 Å². The molecular formula is C24H24N2O2. The highest BCUT2D eigenvalue weighted by Gasteiger charge is 2.17. The van der Waals surface area contributed by atoms with Crippen LogP contribution in [0.1, 0.15) is 28.4 Å². The molecule has 0 radical (unpaired) electrons. The first-order chi connectivity index (χ1) is 13.6. The van der Waals surface area contributed by atoms with Crippen LogP contribution < -0.4 is 10.6 Å². The molecule has 2 N–H and O–H groups in total. The molecule has 0 aliphatic carbocycles. The minimum Gasteiger partial charge on any atom is -0.332 e. The first kappa shape index (κ1) is 19.4. The molecule has 4 heteroatoms. The van der Waals surface area contributed by atoms with Gasteiger partial charge in [-0.25, -0.2) is 0 Å². The van der Waals surface area contributed by atoms with Gasteiger partial charge in [0, 0.05) is 0 Å². The van der Waals surface area contributed by atoms with Crippen molar-refractivity contribution in [1.29, 1.82) is 0 Å². The van der Waals surface area contributed by atoms with Gasteiger partial charge in [0.05, 0.1) is 12.8 Å². The van der Waals surface area contributed by atoms with E-state index in [9.17, 15) is 9.59 Å². The minimum absolute atomic E-state index is 0.142. The first-order valence-electron chi connectivity index (χ1n) is 9.33. The largest absolute Gasteiger partial charge is 0.332 e. The Labute approximate surface area is 165 Å². The van der Waals surface area contributed by atoms with Crippen LogP contribution >= 0.6 is 0 Å². The molecule has 0 unspecified atom stereocenters. The number of rotatable bonds is 7. The summed E-state index contributed by atoms with van der Waals surface area (Å²) in [7, 11) is 0. The summed E-state index contributed by atoms with van der Waals surface area (Å²) in [6, 6.07) is 26.9. The fraction of sp³-hybridized carbons (Fsp3) is 0.167. The number of benzene rings is 3.